The molecule has 1 N–H and O–H groups in total. The van der Waals surface area contributed by atoms with Gasteiger partial charge in [-0.05, 0) is 41.4 Å². The number of halogens is 3. The Morgan fingerprint density at radius 1 is 1.00 bits per heavy atom. The van der Waals surface area contributed by atoms with Crippen molar-refractivity contribution in [2.45, 2.75) is 12.1 Å². The summed E-state index contributed by atoms with van der Waals surface area (Å²) in [6.07, 6.45) is -0.581. The van der Waals surface area contributed by atoms with Gasteiger partial charge >= 0.3 is 6.18 Å². The molecule has 4 heteroatoms. The Morgan fingerprint density at radius 2 is 1.71 bits per heavy atom. The maximum Gasteiger partial charge on any atom is 0.416 e. The van der Waals surface area contributed by atoms with Crippen molar-refractivity contribution in [3.8, 4) is 11.8 Å². The standard InChI is InChI=1S/C20H16F3N/c1-24-12-4-7-18-17-6-3-2-5-14(17)8-9-15-10-11-16(13-19(15)18)20(21,22)23/h2-3,5-6,8-11,13,18,24H,12H2,1H3. The van der Waals surface area contributed by atoms with E-state index in [0.29, 0.717) is 12.1 Å². The Bertz CT molecular complexity index is 838. The van der Waals surface area contributed by atoms with Gasteiger partial charge in [0.1, 0.15) is 0 Å². The minimum Gasteiger partial charge on any atom is -0.309 e. The van der Waals surface area contributed by atoms with E-state index < -0.39 is 11.7 Å². The predicted octanol–water partition coefficient (Wildman–Crippen LogP) is 4.54. The van der Waals surface area contributed by atoms with Crippen LogP contribution in [0.25, 0.3) is 12.2 Å². The number of rotatable bonds is 1. The normalized spacial score (nSPS) is 15.8. The highest BCUT2D eigenvalue weighted by molar-refractivity contribution is 5.77. The molecule has 2 aromatic rings. The van der Waals surface area contributed by atoms with Crippen LogP contribution >= 0.6 is 0 Å². The Morgan fingerprint density at radius 3 is 2.42 bits per heavy atom. The van der Waals surface area contributed by atoms with Gasteiger partial charge in [-0.3, -0.25) is 0 Å². The molecule has 0 aromatic heterocycles. The number of nitrogens with one attached hydrogen (secondary N) is 1. The van der Waals surface area contributed by atoms with Gasteiger partial charge < -0.3 is 5.32 Å². The van der Waals surface area contributed by atoms with E-state index in [1.807, 2.05) is 36.4 Å². The van der Waals surface area contributed by atoms with Crippen LogP contribution in [0, 0.1) is 11.8 Å². The van der Waals surface area contributed by atoms with Gasteiger partial charge in [0.2, 0.25) is 0 Å². The molecule has 0 heterocycles. The quantitative estimate of drug-likeness (QED) is 0.758. The first-order chi connectivity index (χ1) is 11.5. The Kier molecular flexibility index (Phi) is 4.46. The summed E-state index contributed by atoms with van der Waals surface area (Å²) in [5, 5.41) is 2.94. The van der Waals surface area contributed by atoms with Crippen molar-refractivity contribution in [3.05, 3.63) is 70.3 Å². The van der Waals surface area contributed by atoms with Gasteiger partial charge in [-0.2, -0.15) is 13.2 Å². The van der Waals surface area contributed by atoms with Crippen molar-refractivity contribution in [1.29, 1.82) is 0 Å². The number of hydrogen-bond donors (Lipinski definition) is 1. The topological polar surface area (TPSA) is 12.0 Å². The maximum atomic E-state index is 13.1. The van der Waals surface area contributed by atoms with Gasteiger partial charge in [-0.1, -0.05) is 54.3 Å². The average Bonchev–Trinajstić information content (AvgIpc) is 2.71. The molecule has 0 fully saturated rings. The van der Waals surface area contributed by atoms with Crippen LogP contribution in [0.5, 0.6) is 0 Å². The van der Waals surface area contributed by atoms with Crippen LogP contribution in [0.3, 0.4) is 0 Å². The third-order valence-electron chi connectivity index (χ3n) is 3.99. The first kappa shape index (κ1) is 16.4. The number of benzene rings is 2. The fourth-order valence-electron chi connectivity index (χ4n) is 2.82. The van der Waals surface area contributed by atoms with Crippen molar-refractivity contribution in [2.75, 3.05) is 13.6 Å². The lowest BCUT2D eigenvalue weighted by atomic mass is 9.87. The van der Waals surface area contributed by atoms with E-state index in [1.54, 1.807) is 7.05 Å². The van der Waals surface area contributed by atoms with E-state index in [2.05, 4.69) is 17.2 Å². The highest BCUT2D eigenvalue weighted by Crippen LogP contribution is 2.38. The molecule has 1 nitrogen and oxygen atoms in total. The zero-order valence-corrected chi connectivity index (χ0v) is 13.1. The molecule has 3 rings (SSSR count). The minimum atomic E-state index is -4.37. The largest absolute Gasteiger partial charge is 0.416 e. The van der Waals surface area contributed by atoms with Crippen LogP contribution in [0.4, 0.5) is 13.2 Å². The van der Waals surface area contributed by atoms with E-state index >= 15 is 0 Å². The molecular formula is C20H16F3N. The van der Waals surface area contributed by atoms with Crippen LogP contribution < -0.4 is 5.32 Å². The third-order valence-corrected chi connectivity index (χ3v) is 3.99. The monoisotopic (exact) mass is 327 g/mol. The molecule has 0 bridgehead atoms. The van der Waals surface area contributed by atoms with Crippen LogP contribution in [0.1, 0.15) is 33.7 Å². The van der Waals surface area contributed by atoms with Crippen molar-refractivity contribution in [1.82, 2.24) is 5.32 Å². The maximum absolute atomic E-state index is 13.1. The van der Waals surface area contributed by atoms with Gasteiger partial charge in [0.05, 0.1) is 18.0 Å². The van der Waals surface area contributed by atoms with Crippen molar-refractivity contribution in [3.63, 3.8) is 0 Å². The molecule has 0 spiro atoms. The summed E-state index contributed by atoms with van der Waals surface area (Å²) in [7, 11) is 1.78. The average molecular weight is 327 g/mol. The molecule has 24 heavy (non-hydrogen) atoms. The summed E-state index contributed by atoms with van der Waals surface area (Å²) < 4.78 is 39.4. The first-order valence-corrected chi connectivity index (χ1v) is 7.62. The van der Waals surface area contributed by atoms with Gasteiger partial charge in [0, 0.05) is 0 Å². The highest BCUT2D eigenvalue weighted by atomic mass is 19.4. The highest BCUT2D eigenvalue weighted by Gasteiger charge is 2.32. The lowest BCUT2D eigenvalue weighted by Gasteiger charge is -2.17. The van der Waals surface area contributed by atoms with Crippen molar-refractivity contribution >= 4 is 12.2 Å². The smallest absolute Gasteiger partial charge is 0.309 e. The Balaban J connectivity index is 2.19. The Hall–Kier alpha value is -2.51. The third kappa shape index (κ3) is 3.22. The van der Waals surface area contributed by atoms with Crippen LogP contribution in [-0.2, 0) is 6.18 Å². The molecule has 1 unspecified atom stereocenters. The zero-order valence-electron chi connectivity index (χ0n) is 13.1. The van der Waals surface area contributed by atoms with Gasteiger partial charge in [-0.25, -0.2) is 0 Å². The van der Waals surface area contributed by atoms with E-state index in [0.717, 1.165) is 22.8 Å². The number of alkyl halides is 3. The van der Waals surface area contributed by atoms with Gasteiger partial charge in [-0.15, -0.1) is 0 Å². The fraction of sp³-hybridized carbons (Fsp3) is 0.200. The second-order valence-corrected chi connectivity index (χ2v) is 5.59. The molecule has 1 aliphatic rings. The predicted molar refractivity (Wildman–Crippen MR) is 90.4 cm³/mol. The minimum absolute atomic E-state index is 0.387. The van der Waals surface area contributed by atoms with E-state index in [4.69, 9.17) is 0 Å². The molecule has 0 saturated heterocycles. The van der Waals surface area contributed by atoms with E-state index in [1.165, 1.54) is 12.1 Å². The molecule has 1 aliphatic carbocycles. The van der Waals surface area contributed by atoms with E-state index in [-0.39, 0.29) is 5.92 Å². The Labute approximate surface area is 139 Å². The second kappa shape index (κ2) is 6.54. The van der Waals surface area contributed by atoms with Gasteiger partial charge in [0.15, 0.2) is 0 Å². The fourth-order valence-corrected chi connectivity index (χ4v) is 2.82. The summed E-state index contributed by atoms with van der Waals surface area (Å²) in [5.41, 5.74) is 2.62. The van der Waals surface area contributed by atoms with Crippen molar-refractivity contribution < 1.29 is 13.2 Å². The lowest BCUT2D eigenvalue weighted by Crippen LogP contribution is -2.09. The summed E-state index contributed by atoms with van der Waals surface area (Å²) in [6, 6.07) is 11.5. The summed E-state index contributed by atoms with van der Waals surface area (Å²) >= 11 is 0. The molecule has 2 aromatic carbocycles. The molecular weight excluding hydrogens is 311 g/mol. The molecule has 0 saturated carbocycles. The molecule has 122 valence electrons. The molecule has 0 amide bonds. The van der Waals surface area contributed by atoms with Crippen molar-refractivity contribution in [2.24, 2.45) is 0 Å². The lowest BCUT2D eigenvalue weighted by molar-refractivity contribution is -0.137. The molecule has 1 atom stereocenters. The van der Waals surface area contributed by atoms with Crippen LogP contribution in [0.15, 0.2) is 42.5 Å². The second-order valence-electron chi connectivity index (χ2n) is 5.59. The number of hydrogen-bond acceptors (Lipinski definition) is 1. The number of fused-ring (bicyclic) bond motifs is 2. The summed E-state index contributed by atoms with van der Waals surface area (Å²) in [4.78, 5) is 0. The summed E-state index contributed by atoms with van der Waals surface area (Å²) in [5.74, 6) is 5.75. The first-order valence-electron chi connectivity index (χ1n) is 7.62. The summed E-state index contributed by atoms with van der Waals surface area (Å²) in [6.45, 7) is 0.486. The van der Waals surface area contributed by atoms with Gasteiger partial charge in [0.25, 0.3) is 0 Å². The molecule has 0 radical (unpaired) electrons. The van der Waals surface area contributed by atoms with Crippen LogP contribution in [0.2, 0.25) is 0 Å². The SMILES string of the molecule is CNCC#CC1c2ccccc2C=Cc2ccc(C(F)(F)F)cc21. The van der Waals surface area contributed by atoms with Crippen LogP contribution in [-0.4, -0.2) is 13.6 Å². The molecule has 0 aliphatic heterocycles. The zero-order chi connectivity index (χ0) is 17.2. The van der Waals surface area contributed by atoms with E-state index in [9.17, 15) is 13.2 Å².